The number of carbonyl (C=O) groups is 3. The SMILES string of the molecule is O=C(Nc1cccc(CN2CCCCC2=O)c1)C(=O)N1CCC2C1CCCN2CCO. The van der Waals surface area contributed by atoms with Gasteiger partial charge in [0.05, 0.1) is 6.61 Å². The molecule has 8 heteroatoms. The van der Waals surface area contributed by atoms with Crippen LogP contribution in [0.4, 0.5) is 5.69 Å². The summed E-state index contributed by atoms with van der Waals surface area (Å²) in [5, 5.41) is 12.1. The molecule has 3 aliphatic heterocycles. The molecular weight excluding hydrogens is 396 g/mol. The highest BCUT2D eigenvalue weighted by atomic mass is 16.3. The molecule has 3 saturated heterocycles. The molecule has 0 bridgehead atoms. The number of benzene rings is 1. The smallest absolute Gasteiger partial charge is 0.313 e. The number of aliphatic hydroxyl groups excluding tert-OH is 1. The molecule has 8 nitrogen and oxygen atoms in total. The van der Waals surface area contributed by atoms with Crippen LogP contribution in [0, 0.1) is 0 Å². The van der Waals surface area contributed by atoms with E-state index in [1.807, 2.05) is 23.1 Å². The largest absolute Gasteiger partial charge is 0.395 e. The lowest BCUT2D eigenvalue weighted by atomic mass is 9.97. The maximum atomic E-state index is 12.9. The van der Waals surface area contributed by atoms with E-state index in [0.717, 1.165) is 50.8 Å². The van der Waals surface area contributed by atoms with Crippen LogP contribution >= 0.6 is 0 Å². The Hall–Kier alpha value is -2.45. The molecule has 0 spiro atoms. The Kier molecular flexibility index (Phi) is 6.87. The molecule has 3 fully saturated rings. The second-order valence-electron chi connectivity index (χ2n) is 8.75. The molecule has 0 aromatic heterocycles. The van der Waals surface area contributed by atoms with Crippen LogP contribution in [0.2, 0.25) is 0 Å². The fraction of sp³-hybridized carbons (Fsp3) is 0.609. The van der Waals surface area contributed by atoms with Crippen molar-refractivity contribution in [1.82, 2.24) is 14.7 Å². The molecular formula is C23H32N4O4. The van der Waals surface area contributed by atoms with Crippen molar-refractivity contribution in [3.05, 3.63) is 29.8 Å². The molecule has 31 heavy (non-hydrogen) atoms. The molecule has 4 rings (SSSR count). The zero-order valence-electron chi connectivity index (χ0n) is 18.0. The number of amides is 3. The molecule has 2 unspecified atom stereocenters. The van der Waals surface area contributed by atoms with Crippen molar-refractivity contribution in [2.24, 2.45) is 0 Å². The number of β-amino-alcohol motifs (C(OH)–C–C–N with tert-alkyl or cyclic N) is 1. The number of hydrogen-bond donors (Lipinski definition) is 2. The zero-order valence-corrected chi connectivity index (χ0v) is 18.0. The number of likely N-dealkylation sites (tertiary alicyclic amines) is 3. The van der Waals surface area contributed by atoms with Crippen LogP contribution in [0.5, 0.6) is 0 Å². The second kappa shape index (κ2) is 9.78. The van der Waals surface area contributed by atoms with Gasteiger partial charge in [-0.05, 0) is 56.3 Å². The number of nitrogens with one attached hydrogen (secondary N) is 1. The fourth-order valence-corrected chi connectivity index (χ4v) is 5.25. The topological polar surface area (TPSA) is 93.2 Å². The van der Waals surface area contributed by atoms with Crippen molar-refractivity contribution in [2.45, 2.75) is 57.2 Å². The van der Waals surface area contributed by atoms with Crippen molar-refractivity contribution in [3.63, 3.8) is 0 Å². The van der Waals surface area contributed by atoms with Crippen molar-refractivity contribution in [1.29, 1.82) is 0 Å². The van der Waals surface area contributed by atoms with Gasteiger partial charge in [0, 0.05) is 50.4 Å². The minimum absolute atomic E-state index is 0.0370. The van der Waals surface area contributed by atoms with Crippen molar-refractivity contribution < 1.29 is 19.5 Å². The predicted octanol–water partition coefficient (Wildman–Crippen LogP) is 1.20. The lowest BCUT2D eigenvalue weighted by Crippen LogP contribution is -2.53. The maximum absolute atomic E-state index is 12.9. The number of aliphatic hydroxyl groups is 1. The van der Waals surface area contributed by atoms with Gasteiger partial charge in [0.2, 0.25) is 5.91 Å². The van der Waals surface area contributed by atoms with Crippen LogP contribution < -0.4 is 5.32 Å². The Morgan fingerprint density at radius 2 is 1.94 bits per heavy atom. The van der Waals surface area contributed by atoms with Crippen LogP contribution in [-0.2, 0) is 20.9 Å². The van der Waals surface area contributed by atoms with Gasteiger partial charge in [0.25, 0.3) is 0 Å². The highest BCUT2D eigenvalue weighted by Gasteiger charge is 2.43. The Labute approximate surface area is 183 Å². The summed E-state index contributed by atoms with van der Waals surface area (Å²) in [5.74, 6) is -0.941. The van der Waals surface area contributed by atoms with Gasteiger partial charge >= 0.3 is 11.8 Å². The van der Waals surface area contributed by atoms with Crippen molar-refractivity contribution in [3.8, 4) is 0 Å². The first-order valence-corrected chi connectivity index (χ1v) is 11.4. The van der Waals surface area contributed by atoms with Gasteiger partial charge in [-0.25, -0.2) is 0 Å². The highest BCUT2D eigenvalue weighted by Crippen LogP contribution is 2.30. The number of fused-ring (bicyclic) bond motifs is 1. The van der Waals surface area contributed by atoms with Gasteiger partial charge in [-0.2, -0.15) is 0 Å². The summed E-state index contributed by atoms with van der Waals surface area (Å²) in [6, 6.07) is 7.64. The molecule has 3 aliphatic rings. The minimum atomic E-state index is -0.619. The van der Waals surface area contributed by atoms with Gasteiger partial charge in [-0.1, -0.05) is 12.1 Å². The summed E-state index contributed by atoms with van der Waals surface area (Å²) >= 11 is 0. The molecule has 168 valence electrons. The van der Waals surface area contributed by atoms with Crippen LogP contribution in [0.25, 0.3) is 0 Å². The van der Waals surface area contributed by atoms with Gasteiger partial charge in [0.15, 0.2) is 0 Å². The van der Waals surface area contributed by atoms with E-state index in [4.69, 9.17) is 0 Å². The Bertz CT molecular complexity index is 828. The molecule has 1 aromatic carbocycles. The summed E-state index contributed by atoms with van der Waals surface area (Å²) in [7, 11) is 0. The lowest BCUT2D eigenvalue weighted by molar-refractivity contribution is -0.144. The molecule has 1 aromatic rings. The number of anilines is 1. The van der Waals surface area contributed by atoms with Crippen LogP contribution in [0.15, 0.2) is 24.3 Å². The number of nitrogens with zero attached hydrogens (tertiary/aromatic N) is 3. The number of rotatable bonds is 5. The fourth-order valence-electron chi connectivity index (χ4n) is 5.25. The van der Waals surface area contributed by atoms with Gasteiger partial charge < -0.3 is 20.2 Å². The average molecular weight is 429 g/mol. The maximum Gasteiger partial charge on any atom is 0.313 e. The van der Waals surface area contributed by atoms with Crippen LogP contribution in [0.1, 0.15) is 44.1 Å². The van der Waals surface area contributed by atoms with Crippen molar-refractivity contribution in [2.75, 3.05) is 38.1 Å². The molecule has 2 N–H and O–H groups in total. The predicted molar refractivity (Wildman–Crippen MR) is 116 cm³/mol. The van der Waals surface area contributed by atoms with E-state index < -0.39 is 11.8 Å². The normalized spacial score (nSPS) is 24.2. The van der Waals surface area contributed by atoms with E-state index in [1.54, 1.807) is 11.0 Å². The summed E-state index contributed by atoms with van der Waals surface area (Å²) in [4.78, 5) is 43.5. The number of hydrogen-bond acceptors (Lipinski definition) is 5. The second-order valence-corrected chi connectivity index (χ2v) is 8.75. The minimum Gasteiger partial charge on any atom is -0.395 e. The summed E-state index contributed by atoms with van der Waals surface area (Å²) < 4.78 is 0. The monoisotopic (exact) mass is 428 g/mol. The van der Waals surface area contributed by atoms with Gasteiger partial charge in [-0.15, -0.1) is 0 Å². The zero-order chi connectivity index (χ0) is 21.8. The summed E-state index contributed by atoms with van der Waals surface area (Å²) in [6.45, 7) is 3.51. The van der Waals surface area contributed by atoms with Gasteiger partial charge in [-0.3, -0.25) is 19.3 Å². The number of piperidine rings is 2. The van der Waals surface area contributed by atoms with E-state index in [1.165, 1.54) is 0 Å². The first kappa shape index (κ1) is 21.8. The molecule has 0 radical (unpaired) electrons. The summed E-state index contributed by atoms with van der Waals surface area (Å²) in [6.07, 6.45) is 5.25. The van der Waals surface area contributed by atoms with E-state index in [0.29, 0.717) is 31.7 Å². The highest BCUT2D eigenvalue weighted by molar-refractivity contribution is 6.39. The molecule has 0 saturated carbocycles. The van der Waals surface area contributed by atoms with Crippen LogP contribution in [0.3, 0.4) is 0 Å². The molecule has 3 amide bonds. The standard InChI is InChI=1S/C23H32N4O4/c28-14-13-25-11-4-7-20-19(25)9-12-27(20)23(31)22(30)24-18-6-3-5-17(15-18)16-26-10-2-1-8-21(26)29/h3,5-6,15,19-20,28H,1-2,4,7-14,16H2,(H,24,30). The molecule has 3 heterocycles. The third-order valence-electron chi connectivity index (χ3n) is 6.75. The lowest BCUT2D eigenvalue weighted by Gasteiger charge is -2.39. The third kappa shape index (κ3) is 4.91. The van der Waals surface area contributed by atoms with Gasteiger partial charge in [0.1, 0.15) is 0 Å². The van der Waals surface area contributed by atoms with E-state index in [-0.39, 0.29) is 24.6 Å². The quantitative estimate of drug-likeness (QED) is 0.688. The van der Waals surface area contributed by atoms with Crippen LogP contribution in [-0.4, -0.2) is 82.4 Å². The Morgan fingerprint density at radius 1 is 1.06 bits per heavy atom. The molecule has 2 atom stereocenters. The van der Waals surface area contributed by atoms with E-state index in [2.05, 4.69) is 10.2 Å². The number of carbonyl (C=O) groups excluding carboxylic acids is 3. The van der Waals surface area contributed by atoms with E-state index in [9.17, 15) is 19.5 Å². The first-order valence-electron chi connectivity index (χ1n) is 11.4. The third-order valence-corrected chi connectivity index (χ3v) is 6.75. The van der Waals surface area contributed by atoms with E-state index >= 15 is 0 Å². The summed E-state index contributed by atoms with van der Waals surface area (Å²) in [5.41, 5.74) is 1.51. The Morgan fingerprint density at radius 3 is 2.74 bits per heavy atom. The molecule has 0 aliphatic carbocycles. The van der Waals surface area contributed by atoms with Crippen molar-refractivity contribution >= 4 is 23.4 Å². The Balaban J connectivity index is 1.37. The first-order chi connectivity index (χ1) is 15.1. The average Bonchev–Trinajstić information content (AvgIpc) is 3.20.